The van der Waals surface area contributed by atoms with E-state index in [9.17, 15) is 8.63 Å². The van der Waals surface area contributed by atoms with Crippen molar-refractivity contribution < 1.29 is 8.63 Å². The number of aromatic nitrogens is 1. The van der Waals surface area contributed by atoms with Crippen LogP contribution in [0.1, 0.15) is 30.2 Å². The molecule has 2 nitrogen and oxygen atoms in total. The molecule has 0 bridgehead atoms. The fourth-order valence-electron chi connectivity index (χ4n) is 3.35. The van der Waals surface area contributed by atoms with Gasteiger partial charge in [0.05, 0.1) is 11.4 Å². The molecule has 1 aromatic carbocycles. The maximum absolute atomic E-state index is 13.2. The SMILES string of the molecule is C/C(=C1\C=C2CCc3ccccc3C2=N1)c1cc(Br)cn1B(F)F. The number of hydrogen-bond donors (Lipinski definition) is 0. The van der Waals surface area contributed by atoms with E-state index in [1.54, 1.807) is 6.07 Å². The van der Waals surface area contributed by atoms with Gasteiger partial charge in [0.1, 0.15) is 0 Å². The molecule has 0 fully saturated rings. The molecule has 0 saturated carbocycles. The Balaban J connectivity index is 1.84. The molecule has 0 radical (unpaired) electrons. The van der Waals surface area contributed by atoms with E-state index in [1.165, 1.54) is 17.3 Å². The van der Waals surface area contributed by atoms with E-state index in [4.69, 9.17) is 4.99 Å². The highest BCUT2D eigenvalue weighted by Crippen LogP contribution is 2.35. The topological polar surface area (TPSA) is 17.3 Å². The quantitative estimate of drug-likeness (QED) is 0.636. The van der Waals surface area contributed by atoms with Crippen LogP contribution in [-0.2, 0) is 6.42 Å². The van der Waals surface area contributed by atoms with Gasteiger partial charge in [-0.3, -0.25) is 8.63 Å². The van der Waals surface area contributed by atoms with Crippen molar-refractivity contribution in [2.24, 2.45) is 4.99 Å². The molecular weight excluding hydrogens is 373 g/mol. The third-order valence-corrected chi connectivity index (χ3v) is 5.01. The zero-order chi connectivity index (χ0) is 16.8. The highest BCUT2D eigenvalue weighted by Gasteiger charge is 2.26. The van der Waals surface area contributed by atoms with Crippen molar-refractivity contribution in [1.82, 2.24) is 4.48 Å². The lowest BCUT2D eigenvalue weighted by molar-refractivity contribution is 0.628. The maximum atomic E-state index is 13.2. The smallest absolute Gasteiger partial charge is 0.331 e. The summed E-state index contributed by atoms with van der Waals surface area (Å²) in [6, 6.07) is 9.97. The third-order valence-electron chi connectivity index (χ3n) is 4.58. The number of aryl methyl sites for hydroxylation is 1. The van der Waals surface area contributed by atoms with Crippen LogP contribution in [0.15, 0.2) is 63.3 Å². The highest BCUT2D eigenvalue weighted by atomic mass is 79.9. The van der Waals surface area contributed by atoms with Crippen LogP contribution < -0.4 is 0 Å². The standard InChI is InChI=1S/C18H14BBrF2N2/c1-11(17-9-14(20)10-24(17)19(21)22)16-8-13-7-6-12-4-2-3-5-15(12)18(13)23-16/h2-5,8-10H,6-7H2,1H3/b16-11-. The van der Waals surface area contributed by atoms with E-state index >= 15 is 0 Å². The molecule has 0 N–H and O–H groups in total. The lowest BCUT2D eigenvalue weighted by Gasteiger charge is -2.17. The van der Waals surface area contributed by atoms with Gasteiger partial charge in [-0.25, -0.2) is 4.99 Å². The number of rotatable bonds is 2. The summed E-state index contributed by atoms with van der Waals surface area (Å²) in [5.41, 5.74) is 6.64. The van der Waals surface area contributed by atoms with Crippen molar-refractivity contribution in [3.05, 3.63) is 75.2 Å². The molecule has 0 spiro atoms. The minimum absolute atomic E-state index is 0.486. The van der Waals surface area contributed by atoms with Crippen molar-refractivity contribution in [2.75, 3.05) is 0 Å². The Morgan fingerprint density at radius 1 is 1.25 bits per heavy atom. The number of halogens is 3. The molecule has 1 aliphatic heterocycles. The number of aliphatic imine (C=N–C) groups is 1. The van der Waals surface area contributed by atoms with Crippen LogP contribution in [0.25, 0.3) is 5.57 Å². The van der Waals surface area contributed by atoms with Gasteiger partial charge in [0.25, 0.3) is 0 Å². The summed E-state index contributed by atoms with van der Waals surface area (Å²) >= 11 is 3.28. The average molecular weight is 387 g/mol. The van der Waals surface area contributed by atoms with Crippen LogP contribution in [0, 0.1) is 0 Å². The Morgan fingerprint density at radius 3 is 2.83 bits per heavy atom. The Morgan fingerprint density at radius 2 is 2.04 bits per heavy atom. The number of hydrogen-bond acceptors (Lipinski definition) is 1. The molecule has 2 aliphatic rings. The summed E-state index contributed by atoms with van der Waals surface area (Å²) in [7, 11) is -2.58. The molecule has 0 amide bonds. The molecule has 0 saturated heterocycles. The largest absolute Gasteiger partial charge is 0.677 e. The predicted octanol–water partition coefficient (Wildman–Crippen LogP) is 5.13. The molecule has 1 aliphatic carbocycles. The second-order valence-corrected chi connectivity index (χ2v) is 6.94. The fraction of sp³-hybridized carbons (Fsp3) is 0.167. The van der Waals surface area contributed by atoms with Gasteiger partial charge >= 0.3 is 7.40 Å². The van der Waals surface area contributed by atoms with Crippen LogP contribution in [-0.4, -0.2) is 17.6 Å². The molecule has 4 rings (SSSR count). The summed E-state index contributed by atoms with van der Waals surface area (Å²) in [5, 5.41) is 0. The zero-order valence-corrected chi connectivity index (χ0v) is 14.6. The molecule has 0 atom stereocenters. The van der Waals surface area contributed by atoms with Crippen molar-refractivity contribution in [2.45, 2.75) is 19.8 Å². The van der Waals surface area contributed by atoms with E-state index in [2.05, 4.69) is 28.1 Å². The zero-order valence-electron chi connectivity index (χ0n) is 13.1. The van der Waals surface area contributed by atoms with Gasteiger partial charge in [-0.1, -0.05) is 24.3 Å². The normalized spacial score (nSPS) is 17.8. The van der Waals surface area contributed by atoms with Crippen molar-refractivity contribution in [3.8, 4) is 0 Å². The second kappa shape index (κ2) is 5.85. The Kier molecular flexibility index (Phi) is 3.79. The van der Waals surface area contributed by atoms with Crippen LogP contribution in [0.3, 0.4) is 0 Å². The maximum Gasteiger partial charge on any atom is 0.677 e. The van der Waals surface area contributed by atoms with E-state index in [0.29, 0.717) is 10.2 Å². The summed E-state index contributed by atoms with van der Waals surface area (Å²) < 4.78 is 28.1. The van der Waals surface area contributed by atoms with Gasteiger partial charge in [0, 0.05) is 21.9 Å². The van der Waals surface area contributed by atoms with Crippen molar-refractivity contribution in [3.63, 3.8) is 0 Å². The lowest BCUT2D eigenvalue weighted by atomic mass is 9.87. The Bertz CT molecular complexity index is 925. The number of allylic oxidation sites excluding steroid dienone is 3. The Hall–Kier alpha value is -1.95. The molecular formula is C18H14BBrF2N2. The van der Waals surface area contributed by atoms with Crippen LogP contribution in [0.2, 0.25) is 0 Å². The summed E-state index contributed by atoms with van der Waals surface area (Å²) in [4.78, 5) is 4.77. The van der Waals surface area contributed by atoms with Gasteiger partial charge in [-0.15, -0.1) is 0 Å². The molecule has 120 valence electrons. The van der Waals surface area contributed by atoms with E-state index < -0.39 is 7.40 Å². The van der Waals surface area contributed by atoms with Crippen LogP contribution in [0.4, 0.5) is 8.63 Å². The molecule has 2 heterocycles. The number of fused-ring (bicyclic) bond motifs is 3. The first-order valence-corrected chi connectivity index (χ1v) is 8.58. The second-order valence-electron chi connectivity index (χ2n) is 6.03. The monoisotopic (exact) mass is 386 g/mol. The minimum Gasteiger partial charge on any atom is -0.331 e. The molecule has 24 heavy (non-hydrogen) atoms. The van der Waals surface area contributed by atoms with Gasteiger partial charge in [-0.2, -0.15) is 0 Å². The van der Waals surface area contributed by atoms with Crippen molar-refractivity contribution in [1.29, 1.82) is 0 Å². The molecule has 6 heteroatoms. The van der Waals surface area contributed by atoms with Gasteiger partial charge in [-0.05, 0) is 64.5 Å². The molecule has 0 unspecified atom stereocenters. The minimum atomic E-state index is -2.58. The van der Waals surface area contributed by atoms with Crippen LogP contribution >= 0.6 is 15.9 Å². The van der Waals surface area contributed by atoms with Crippen LogP contribution in [0.5, 0.6) is 0 Å². The summed E-state index contributed by atoms with van der Waals surface area (Å²) in [5.74, 6) is 0. The Labute approximate surface area is 147 Å². The average Bonchev–Trinajstić information content (AvgIpc) is 3.18. The summed E-state index contributed by atoms with van der Waals surface area (Å²) in [6.45, 7) is 1.85. The lowest BCUT2D eigenvalue weighted by Crippen LogP contribution is -2.14. The number of nitrogens with zero attached hydrogens (tertiary/aromatic N) is 2. The first-order chi connectivity index (χ1) is 11.5. The van der Waals surface area contributed by atoms with E-state index in [1.807, 2.05) is 25.1 Å². The third kappa shape index (κ3) is 2.49. The first kappa shape index (κ1) is 15.6. The fourth-order valence-corrected chi connectivity index (χ4v) is 3.79. The van der Waals surface area contributed by atoms with Gasteiger partial charge in [0.2, 0.25) is 0 Å². The van der Waals surface area contributed by atoms with Gasteiger partial charge < -0.3 is 4.48 Å². The first-order valence-electron chi connectivity index (χ1n) is 7.79. The van der Waals surface area contributed by atoms with E-state index in [-0.39, 0.29) is 0 Å². The number of benzene rings is 1. The molecule has 2 aromatic rings. The molecule has 1 aromatic heterocycles. The summed E-state index contributed by atoms with van der Waals surface area (Å²) in [6.07, 6.45) is 5.37. The van der Waals surface area contributed by atoms with E-state index in [0.717, 1.165) is 39.9 Å². The highest BCUT2D eigenvalue weighted by molar-refractivity contribution is 9.10. The predicted molar refractivity (Wildman–Crippen MR) is 97.5 cm³/mol. The van der Waals surface area contributed by atoms with Crippen molar-refractivity contribution >= 4 is 34.6 Å². The van der Waals surface area contributed by atoms with Gasteiger partial charge in [0.15, 0.2) is 0 Å².